The average Bonchev–Trinajstić information content (AvgIpc) is 2.88. The molecule has 0 saturated carbocycles. The second-order valence-corrected chi connectivity index (χ2v) is 5.32. The lowest BCUT2D eigenvalue weighted by molar-refractivity contribution is -0.385. The maximum atomic E-state index is 10.8. The molecule has 1 aliphatic heterocycles. The standard InChI is InChI=1S/C15H22N2O4/c1-12-5-3-8-16(12)9-4-10-21-13-6-7-14(17(18)19)15(11-13)20-2/h6-7,11-12H,3-5,8-10H2,1-2H3/t12-/m1/s1. The number of nitro groups is 1. The van der Waals surface area contributed by atoms with E-state index in [0.29, 0.717) is 18.4 Å². The summed E-state index contributed by atoms with van der Waals surface area (Å²) in [6.45, 7) is 5.07. The summed E-state index contributed by atoms with van der Waals surface area (Å²) in [4.78, 5) is 12.8. The maximum Gasteiger partial charge on any atom is 0.311 e. The van der Waals surface area contributed by atoms with Crippen molar-refractivity contribution in [3.8, 4) is 11.5 Å². The molecule has 0 N–H and O–H groups in total. The highest BCUT2D eigenvalue weighted by Crippen LogP contribution is 2.30. The molecule has 0 bridgehead atoms. The Kier molecular flexibility index (Phi) is 5.38. The molecule has 0 aliphatic carbocycles. The van der Waals surface area contributed by atoms with Crippen molar-refractivity contribution < 1.29 is 14.4 Å². The number of hydrogen-bond donors (Lipinski definition) is 0. The molecule has 21 heavy (non-hydrogen) atoms. The van der Waals surface area contributed by atoms with E-state index in [1.807, 2.05) is 0 Å². The van der Waals surface area contributed by atoms with Crippen molar-refractivity contribution >= 4 is 5.69 Å². The van der Waals surface area contributed by atoms with E-state index in [0.717, 1.165) is 13.0 Å². The predicted octanol–water partition coefficient (Wildman–Crippen LogP) is 2.86. The van der Waals surface area contributed by atoms with Crippen molar-refractivity contribution in [2.75, 3.05) is 26.8 Å². The highest BCUT2D eigenvalue weighted by atomic mass is 16.6. The van der Waals surface area contributed by atoms with Crippen molar-refractivity contribution in [2.45, 2.75) is 32.2 Å². The predicted molar refractivity (Wildman–Crippen MR) is 80.0 cm³/mol. The van der Waals surface area contributed by atoms with Crippen LogP contribution in [-0.2, 0) is 0 Å². The molecule has 0 amide bonds. The van der Waals surface area contributed by atoms with Crippen LogP contribution in [0.15, 0.2) is 18.2 Å². The van der Waals surface area contributed by atoms with E-state index in [9.17, 15) is 10.1 Å². The molecule has 6 heteroatoms. The summed E-state index contributed by atoms with van der Waals surface area (Å²) in [6.07, 6.45) is 3.51. The van der Waals surface area contributed by atoms with E-state index in [1.54, 1.807) is 12.1 Å². The van der Waals surface area contributed by atoms with Crippen molar-refractivity contribution in [2.24, 2.45) is 0 Å². The molecule has 116 valence electrons. The lowest BCUT2D eigenvalue weighted by atomic mass is 10.2. The van der Waals surface area contributed by atoms with E-state index in [4.69, 9.17) is 9.47 Å². The smallest absolute Gasteiger partial charge is 0.311 e. The monoisotopic (exact) mass is 294 g/mol. The van der Waals surface area contributed by atoms with Gasteiger partial charge in [-0.15, -0.1) is 0 Å². The molecule has 0 aromatic heterocycles. The fraction of sp³-hybridized carbons (Fsp3) is 0.600. The summed E-state index contributed by atoms with van der Waals surface area (Å²) in [5.41, 5.74) is -0.0456. The summed E-state index contributed by atoms with van der Waals surface area (Å²) in [5, 5.41) is 10.8. The Morgan fingerprint density at radius 2 is 2.29 bits per heavy atom. The van der Waals surface area contributed by atoms with Gasteiger partial charge in [0.25, 0.3) is 0 Å². The number of rotatable bonds is 7. The first-order chi connectivity index (χ1) is 10.1. The van der Waals surface area contributed by atoms with E-state index in [-0.39, 0.29) is 11.4 Å². The molecule has 1 heterocycles. The number of methoxy groups -OCH3 is 1. The summed E-state index contributed by atoms with van der Waals surface area (Å²) < 4.78 is 10.7. The Morgan fingerprint density at radius 1 is 1.48 bits per heavy atom. The minimum absolute atomic E-state index is 0.0456. The molecule has 1 atom stereocenters. The third kappa shape index (κ3) is 4.07. The van der Waals surface area contributed by atoms with Crippen LogP contribution in [0.3, 0.4) is 0 Å². The number of nitrogens with zero attached hydrogens (tertiary/aromatic N) is 2. The van der Waals surface area contributed by atoms with Gasteiger partial charge in [0.1, 0.15) is 5.75 Å². The van der Waals surface area contributed by atoms with Crippen molar-refractivity contribution in [3.63, 3.8) is 0 Å². The van der Waals surface area contributed by atoms with Gasteiger partial charge in [0, 0.05) is 24.7 Å². The van der Waals surface area contributed by atoms with Crippen LogP contribution in [0, 0.1) is 10.1 Å². The van der Waals surface area contributed by atoms with Crippen molar-refractivity contribution in [3.05, 3.63) is 28.3 Å². The minimum atomic E-state index is -0.461. The van der Waals surface area contributed by atoms with Gasteiger partial charge in [-0.25, -0.2) is 0 Å². The Bertz CT molecular complexity index is 493. The molecule has 1 saturated heterocycles. The van der Waals surface area contributed by atoms with Crippen LogP contribution in [0.4, 0.5) is 5.69 Å². The second kappa shape index (κ2) is 7.26. The Labute approximate surface area is 124 Å². The third-order valence-corrected chi connectivity index (χ3v) is 3.90. The lowest BCUT2D eigenvalue weighted by Crippen LogP contribution is -2.28. The largest absolute Gasteiger partial charge is 0.493 e. The van der Waals surface area contributed by atoms with Gasteiger partial charge in [-0.2, -0.15) is 0 Å². The van der Waals surface area contributed by atoms with Gasteiger partial charge in [-0.1, -0.05) is 0 Å². The Morgan fingerprint density at radius 3 is 2.90 bits per heavy atom. The number of nitro benzene ring substituents is 1. The molecule has 1 fully saturated rings. The first kappa shape index (κ1) is 15.6. The highest BCUT2D eigenvalue weighted by molar-refractivity contribution is 5.50. The number of hydrogen-bond acceptors (Lipinski definition) is 5. The Balaban J connectivity index is 1.81. The summed E-state index contributed by atoms with van der Waals surface area (Å²) in [6, 6.07) is 5.26. The minimum Gasteiger partial charge on any atom is -0.493 e. The molecular weight excluding hydrogens is 272 g/mol. The molecular formula is C15H22N2O4. The lowest BCUT2D eigenvalue weighted by Gasteiger charge is -2.20. The zero-order valence-electron chi connectivity index (χ0n) is 12.6. The number of likely N-dealkylation sites (tertiary alicyclic amines) is 1. The van der Waals surface area contributed by atoms with Crippen LogP contribution >= 0.6 is 0 Å². The Hall–Kier alpha value is -1.82. The normalized spacial score (nSPS) is 18.7. The molecule has 0 unspecified atom stereocenters. The molecule has 1 aromatic rings. The molecule has 0 radical (unpaired) electrons. The zero-order chi connectivity index (χ0) is 15.2. The van der Waals surface area contributed by atoms with Crippen LogP contribution in [0.25, 0.3) is 0 Å². The zero-order valence-corrected chi connectivity index (χ0v) is 12.6. The SMILES string of the molecule is COc1cc(OCCCN2CCC[C@H]2C)ccc1[N+](=O)[O-]. The van der Waals surface area contributed by atoms with Gasteiger partial charge in [0.15, 0.2) is 0 Å². The third-order valence-electron chi connectivity index (χ3n) is 3.90. The second-order valence-electron chi connectivity index (χ2n) is 5.32. The first-order valence-electron chi connectivity index (χ1n) is 7.31. The molecule has 1 aliphatic rings. The van der Waals surface area contributed by atoms with Crippen LogP contribution in [0.2, 0.25) is 0 Å². The van der Waals surface area contributed by atoms with Crippen LogP contribution in [0.1, 0.15) is 26.2 Å². The van der Waals surface area contributed by atoms with Gasteiger partial charge in [-0.05, 0) is 38.8 Å². The van der Waals surface area contributed by atoms with Gasteiger partial charge >= 0.3 is 5.69 Å². The molecule has 0 spiro atoms. The topological polar surface area (TPSA) is 64.8 Å². The van der Waals surface area contributed by atoms with Crippen molar-refractivity contribution in [1.29, 1.82) is 0 Å². The van der Waals surface area contributed by atoms with Gasteiger partial charge in [0.05, 0.1) is 18.6 Å². The average molecular weight is 294 g/mol. The fourth-order valence-electron chi connectivity index (χ4n) is 2.68. The van der Waals surface area contributed by atoms with Crippen LogP contribution in [-0.4, -0.2) is 42.7 Å². The van der Waals surface area contributed by atoms with E-state index in [2.05, 4.69) is 11.8 Å². The van der Waals surface area contributed by atoms with E-state index in [1.165, 1.54) is 32.6 Å². The summed E-state index contributed by atoms with van der Waals surface area (Å²) >= 11 is 0. The highest BCUT2D eigenvalue weighted by Gasteiger charge is 2.19. The van der Waals surface area contributed by atoms with Crippen molar-refractivity contribution in [1.82, 2.24) is 4.90 Å². The van der Waals surface area contributed by atoms with E-state index >= 15 is 0 Å². The van der Waals surface area contributed by atoms with Crippen LogP contribution < -0.4 is 9.47 Å². The van der Waals surface area contributed by atoms with E-state index < -0.39 is 4.92 Å². The quantitative estimate of drug-likeness (QED) is 0.439. The molecule has 6 nitrogen and oxygen atoms in total. The molecule has 1 aromatic carbocycles. The number of ether oxygens (including phenoxy) is 2. The van der Waals surface area contributed by atoms with Crippen LogP contribution in [0.5, 0.6) is 11.5 Å². The summed E-state index contributed by atoms with van der Waals surface area (Å²) in [7, 11) is 1.42. The van der Waals surface area contributed by atoms with Gasteiger partial charge in [0.2, 0.25) is 5.75 Å². The number of benzene rings is 1. The summed E-state index contributed by atoms with van der Waals surface area (Å²) in [5.74, 6) is 0.831. The van der Waals surface area contributed by atoms with Gasteiger partial charge in [-0.3, -0.25) is 10.1 Å². The first-order valence-corrected chi connectivity index (χ1v) is 7.31. The van der Waals surface area contributed by atoms with Gasteiger partial charge < -0.3 is 14.4 Å². The fourth-order valence-corrected chi connectivity index (χ4v) is 2.68. The molecule has 2 rings (SSSR count). The maximum absolute atomic E-state index is 10.8.